The Balaban J connectivity index is 2.54. The number of rotatable bonds is 12. The Morgan fingerprint density at radius 1 is 0.795 bits per heavy atom. The molecular formula is C24H36O15. The standard InChI is InChI=1S/C24H36O15/c1-7-8-32-21-19(17(30)15(9-25)37-23(21)31-6)39-24-22(36-14(5)29)20(35-13(4)28)18(34-12(3)27)16(38-24)10-33-11(2)26/h7,15-25,30H,1,8-10H2,2-6H3/t15-,16+,17-,18+,19+,20+,21-,22-,23-,24-/m0/s1. The maximum Gasteiger partial charge on any atom is 0.303 e. The van der Waals surface area contributed by atoms with E-state index >= 15 is 0 Å². The summed E-state index contributed by atoms with van der Waals surface area (Å²) >= 11 is 0. The van der Waals surface area contributed by atoms with E-state index in [0.29, 0.717) is 0 Å². The largest absolute Gasteiger partial charge is 0.463 e. The highest BCUT2D eigenvalue weighted by Crippen LogP contribution is 2.34. The average Bonchev–Trinajstić information content (AvgIpc) is 2.85. The fourth-order valence-electron chi connectivity index (χ4n) is 4.20. The Kier molecular flexibility index (Phi) is 12.7. The quantitative estimate of drug-likeness (QED) is 0.162. The Morgan fingerprint density at radius 3 is 1.87 bits per heavy atom. The highest BCUT2D eigenvalue weighted by Gasteiger charge is 2.56. The molecule has 0 aliphatic carbocycles. The third kappa shape index (κ3) is 8.93. The summed E-state index contributed by atoms with van der Waals surface area (Å²) in [5.74, 6) is -3.13. The molecule has 0 aromatic heterocycles. The van der Waals surface area contributed by atoms with E-state index in [1.54, 1.807) is 0 Å². The summed E-state index contributed by atoms with van der Waals surface area (Å²) in [6.07, 6.45) is -12.1. The summed E-state index contributed by atoms with van der Waals surface area (Å²) in [4.78, 5) is 47.5. The van der Waals surface area contributed by atoms with Crippen LogP contribution in [0.4, 0.5) is 0 Å². The summed E-state index contributed by atoms with van der Waals surface area (Å²) in [6, 6.07) is 0. The number of hydrogen-bond acceptors (Lipinski definition) is 15. The third-order valence-electron chi connectivity index (χ3n) is 5.68. The van der Waals surface area contributed by atoms with E-state index in [2.05, 4.69) is 6.58 Å². The first-order valence-corrected chi connectivity index (χ1v) is 12.1. The first-order valence-electron chi connectivity index (χ1n) is 12.1. The lowest BCUT2D eigenvalue weighted by molar-refractivity contribution is -0.362. The van der Waals surface area contributed by atoms with Crippen molar-refractivity contribution in [3.05, 3.63) is 12.7 Å². The maximum absolute atomic E-state index is 12.1. The molecule has 15 heteroatoms. The van der Waals surface area contributed by atoms with Crippen LogP contribution in [0.1, 0.15) is 27.7 Å². The molecule has 39 heavy (non-hydrogen) atoms. The van der Waals surface area contributed by atoms with Gasteiger partial charge in [0.15, 0.2) is 30.9 Å². The van der Waals surface area contributed by atoms with Crippen molar-refractivity contribution >= 4 is 23.9 Å². The predicted molar refractivity (Wildman–Crippen MR) is 126 cm³/mol. The smallest absolute Gasteiger partial charge is 0.303 e. The van der Waals surface area contributed by atoms with E-state index in [9.17, 15) is 29.4 Å². The van der Waals surface area contributed by atoms with Gasteiger partial charge in [-0.1, -0.05) is 6.08 Å². The lowest BCUT2D eigenvalue weighted by Gasteiger charge is -2.48. The van der Waals surface area contributed by atoms with Crippen LogP contribution < -0.4 is 0 Å². The second kappa shape index (κ2) is 15.2. The van der Waals surface area contributed by atoms with E-state index in [-0.39, 0.29) is 6.61 Å². The number of aliphatic hydroxyl groups excluding tert-OH is 2. The number of carbonyl (C=O) groups excluding carboxylic acids is 4. The van der Waals surface area contributed by atoms with Crippen LogP contribution in [0.3, 0.4) is 0 Å². The van der Waals surface area contributed by atoms with Crippen molar-refractivity contribution in [2.75, 3.05) is 26.9 Å². The van der Waals surface area contributed by atoms with Gasteiger partial charge in [0.2, 0.25) is 0 Å². The fourth-order valence-corrected chi connectivity index (χ4v) is 4.20. The highest BCUT2D eigenvalue weighted by molar-refractivity contribution is 5.68. The number of ether oxygens (including phenoxy) is 9. The molecule has 2 aliphatic heterocycles. The molecule has 2 aliphatic rings. The van der Waals surface area contributed by atoms with Gasteiger partial charge in [0, 0.05) is 34.8 Å². The van der Waals surface area contributed by atoms with E-state index < -0.39 is 98.5 Å². The van der Waals surface area contributed by atoms with Crippen molar-refractivity contribution in [2.45, 2.75) is 89.1 Å². The van der Waals surface area contributed by atoms with Crippen LogP contribution in [-0.4, -0.2) is 122 Å². The third-order valence-corrected chi connectivity index (χ3v) is 5.68. The molecule has 10 atom stereocenters. The topological polar surface area (TPSA) is 192 Å². The SMILES string of the molecule is C=CCO[C@@H]1[C@@H](OC)O[C@@H](CO)[C@H](O)[C@H]1O[C@@H]1O[C@H](COC(C)=O)[C@@H](OC(C)=O)[C@@H](OC(C)=O)[C@@H]1OC(C)=O. The molecule has 2 heterocycles. The Hall–Kier alpha value is -2.66. The first-order chi connectivity index (χ1) is 18.4. The zero-order valence-corrected chi connectivity index (χ0v) is 22.4. The van der Waals surface area contributed by atoms with Gasteiger partial charge >= 0.3 is 23.9 Å². The fraction of sp³-hybridized carbons (Fsp3) is 0.750. The minimum absolute atomic E-state index is 0.0111. The molecule has 0 saturated carbocycles. The Bertz CT molecular complexity index is 862. The number of carbonyl (C=O) groups is 4. The molecule has 0 spiro atoms. The molecular weight excluding hydrogens is 528 g/mol. The van der Waals surface area contributed by atoms with Crippen molar-refractivity contribution in [1.29, 1.82) is 0 Å². The summed E-state index contributed by atoms with van der Waals surface area (Å²) in [6.45, 7) is 6.88. The van der Waals surface area contributed by atoms with E-state index in [0.717, 1.165) is 27.7 Å². The number of esters is 4. The van der Waals surface area contributed by atoms with E-state index in [1.165, 1.54) is 13.2 Å². The molecule has 0 aromatic rings. The van der Waals surface area contributed by atoms with Crippen molar-refractivity contribution < 1.29 is 72.0 Å². The highest BCUT2D eigenvalue weighted by atomic mass is 16.8. The van der Waals surface area contributed by atoms with Crippen LogP contribution >= 0.6 is 0 Å². The number of hydrogen-bond donors (Lipinski definition) is 2. The van der Waals surface area contributed by atoms with Crippen molar-refractivity contribution in [3.63, 3.8) is 0 Å². The summed E-state index contributed by atoms with van der Waals surface area (Å²) < 4.78 is 49.8. The van der Waals surface area contributed by atoms with Crippen LogP contribution in [0, 0.1) is 0 Å². The Labute approximate surface area is 225 Å². The van der Waals surface area contributed by atoms with Crippen LogP contribution in [0.15, 0.2) is 12.7 Å². The number of methoxy groups -OCH3 is 1. The van der Waals surface area contributed by atoms with Gasteiger partial charge in [-0.3, -0.25) is 19.2 Å². The lowest BCUT2D eigenvalue weighted by atomic mass is 9.96. The van der Waals surface area contributed by atoms with Gasteiger partial charge in [-0.2, -0.15) is 0 Å². The summed E-state index contributed by atoms with van der Waals surface area (Å²) in [7, 11) is 1.31. The minimum Gasteiger partial charge on any atom is -0.463 e. The lowest BCUT2D eigenvalue weighted by Crippen LogP contribution is -2.66. The summed E-state index contributed by atoms with van der Waals surface area (Å²) in [5, 5.41) is 20.7. The molecule has 222 valence electrons. The van der Waals surface area contributed by atoms with Crippen molar-refractivity contribution in [3.8, 4) is 0 Å². The van der Waals surface area contributed by atoms with E-state index in [4.69, 9.17) is 42.6 Å². The number of aliphatic hydroxyl groups is 2. The molecule has 0 unspecified atom stereocenters. The van der Waals surface area contributed by atoms with Gasteiger partial charge in [0.05, 0.1) is 13.2 Å². The van der Waals surface area contributed by atoms with Gasteiger partial charge in [0.25, 0.3) is 0 Å². The molecule has 0 radical (unpaired) electrons. The zero-order chi connectivity index (χ0) is 29.3. The monoisotopic (exact) mass is 564 g/mol. The summed E-state index contributed by atoms with van der Waals surface area (Å²) in [5.41, 5.74) is 0. The van der Waals surface area contributed by atoms with Crippen LogP contribution in [0.25, 0.3) is 0 Å². The molecule has 2 rings (SSSR count). The van der Waals surface area contributed by atoms with Crippen molar-refractivity contribution in [1.82, 2.24) is 0 Å². The minimum atomic E-state index is -1.60. The average molecular weight is 565 g/mol. The molecule has 15 nitrogen and oxygen atoms in total. The normalized spacial score (nSPS) is 34.4. The van der Waals surface area contributed by atoms with Crippen LogP contribution in [0.5, 0.6) is 0 Å². The van der Waals surface area contributed by atoms with Gasteiger partial charge < -0.3 is 52.8 Å². The maximum atomic E-state index is 12.1. The second-order valence-electron chi connectivity index (χ2n) is 8.71. The zero-order valence-electron chi connectivity index (χ0n) is 22.4. The van der Waals surface area contributed by atoms with Gasteiger partial charge in [-0.25, -0.2) is 0 Å². The predicted octanol–water partition coefficient (Wildman–Crippen LogP) is -1.25. The molecule has 0 aromatic carbocycles. The molecule has 0 bridgehead atoms. The Morgan fingerprint density at radius 2 is 1.36 bits per heavy atom. The molecule has 0 amide bonds. The van der Waals surface area contributed by atoms with Gasteiger partial charge in [0.1, 0.15) is 37.1 Å². The van der Waals surface area contributed by atoms with E-state index in [1.807, 2.05) is 0 Å². The van der Waals surface area contributed by atoms with Gasteiger partial charge in [-0.15, -0.1) is 6.58 Å². The molecule has 2 N–H and O–H groups in total. The van der Waals surface area contributed by atoms with Crippen LogP contribution in [-0.2, 0) is 61.8 Å². The van der Waals surface area contributed by atoms with Crippen LogP contribution in [0.2, 0.25) is 0 Å². The molecule has 2 fully saturated rings. The van der Waals surface area contributed by atoms with Crippen molar-refractivity contribution in [2.24, 2.45) is 0 Å². The molecule has 2 saturated heterocycles. The second-order valence-corrected chi connectivity index (χ2v) is 8.71. The first kappa shape index (κ1) is 32.6. The van der Waals surface area contributed by atoms with Gasteiger partial charge in [-0.05, 0) is 0 Å².